The van der Waals surface area contributed by atoms with E-state index in [4.69, 9.17) is 5.73 Å². The summed E-state index contributed by atoms with van der Waals surface area (Å²) in [5.74, 6) is 0.252. The predicted octanol–water partition coefficient (Wildman–Crippen LogP) is 6.75. The number of ketones is 1. The van der Waals surface area contributed by atoms with Crippen molar-refractivity contribution in [3.8, 4) is 0 Å². The van der Waals surface area contributed by atoms with Crippen molar-refractivity contribution in [2.75, 3.05) is 6.54 Å². The number of carbonyl (C=O) groups excluding carboxylic acids is 1. The van der Waals surface area contributed by atoms with Crippen molar-refractivity contribution in [3.63, 3.8) is 0 Å². The fourth-order valence-corrected chi connectivity index (χ4v) is 3.20. The molecule has 0 fully saturated rings. The molecule has 3 heteroatoms. The van der Waals surface area contributed by atoms with E-state index < -0.39 is 0 Å². The SMILES string of the molecule is C/C=C(N)\C(=C/C)NCCCCCCCC(=O)c1ccc2ccccc2c1.CC. The molecule has 0 atom stereocenters. The number of allylic oxidation sites excluding steroid dienone is 2. The lowest BCUT2D eigenvalue weighted by Crippen LogP contribution is -2.19. The molecule has 0 unspecified atom stereocenters. The van der Waals surface area contributed by atoms with Crippen molar-refractivity contribution < 1.29 is 4.79 Å². The van der Waals surface area contributed by atoms with Crippen molar-refractivity contribution >= 4 is 16.6 Å². The molecule has 158 valence electrons. The topological polar surface area (TPSA) is 55.1 Å². The molecule has 3 nitrogen and oxygen atoms in total. The smallest absolute Gasteiger partial charge is 0.162 e. The molecule has 0 aliphatic carbocycles. The number of Topliss-reactive ketones (excluding diaryl/α,β-unsaturated/α-hetero) is 1. The highest BCUT2D eigenvalue weighted by atomic mass is 16.1. The Morgan fingerprint density at radius 2 is 1.55 bits per heavy atom. The minimum Gasteiger partial charge on any atom is -0.397 e. The number of nitrogens with two attached hydrogens (primary N) is 1. The first-order chi connectivity index (χ1) is 14.2. The minimum absolute atomic E-state index is 0.252. The molecule has 0 aliphatic heterocycles. The van der Waals surface area contributed by atoms with E-state index in [0.29, 0.717) is 6.42 Å². The first kappa shape index (κ1) is 24.5. The van der Waals surface area contributed by atoms with Crippen LogP contribution in [0.5, 0.6) is 0 Å². The van der Waals surface area contributed by atoms with Crippen molar-refractivity contribution in [1.82, 2.24) is 5.32 Å². The number of unbranched alkanes of at least 4 members (excludes halogenated alkanes) is 4. The first-order valence-electron chi connectivity index (χ1n) is 11.0. The monoisotopic (exact) mass is 394 g/mol. The quantitative estimate of drug-likeness (QED) is 0.252. The summed E-state index contributed by atoms with van der Waals surface area (Å²) in [6.45, 7) is 8.87. The molecule has 0 saturated heterocycles. The number of carbonyl (C=O) groups is 1. The van der Waals surface area contributed by atoms with Crippen LogP contribution < -0.4 is 11.1 Å². The number of hydrogen-bond donors (Lipinski definition) is 2. The number of hydrogen-bond acceptors (Lipinski definition) is 3. The van der Waals surface area contributed by atoms with Crippen LogP contribution in [0, 0.1) is 0 Å². The third-order valence-electron chi connectivity index (χ3n) is 4.88. The van der Waals surface area contributed by atoms with Gasteiger partial charge in [-0.25, -0.2) is 0 Å². The molecule has 0 aromatic heterocycles. The van der Waals surface area contributed by atoms with Gasteiger partial charge in [0.15, 0.2) is 5.78 Å². The van der Waals surface area contributed by atoms with Crippen LogP contribution >= 0.6 is 0 Å². The summed E-state index contributed by atoms with van der Waals surface area (Å²) in [6, 6.07) is 14.2. The largest absolute Gasteiger partial charge is 0.397 e. The third kappa shape index (κ3) is 8.55. The van der Waals surface area contributed by atoms with Crippen LogP contribution in [0.1, 0.15) is 76.6 Å². The Balaban J connectivity index is 0.00000204. The van der Waals surface area contributed by atoms with Gasteiger partial charge in [0.2, 0.25) is 0 Å². The molecule has 0 saturated carbocycles. The maximum Gasteiger partial charge on any atom is 0.162 e. The van der Waals surface area contributed by atoms with Crippen LogP contribution in [-0.4, -0.2) is 12.3 Å². The Bertz CT molecular complexity index is 805. The summed E-state index contributed by atoms with van der Waals surface area (Å²) in [5.41, 5.74) is 8.55. The Hall–Kier alpha value is -2.55. The lowest BCUT2D eigenvalue weighted by Gasteiger charge is -2.10. The van der Waals surface area contributed by atoms with E-state index in [1.54, 1.807) is 0 Å². The van der Waals surface area contributed by atoms with E-state index >= 15 is 0 Å². The fourth-order valence-electron chi connectivity index (χ4n) is 3.20. The second-order valence-corrected chi connectivity index (χ2v) is 6.88. The van der Waals surface area contributed by atoms with E-state index in [2.05, 4.69) is 17.4 Å². The van der Waals surface area contributed by atoms with Crippen LogP contribution in [0.25, 0.3) is 10.8 Å². The zero-order chi connectivity index (χ0) is 21.5. The van der Waals surface area contributed by atoms with Crippen molar-refractivity contribution in [1.29, 1.82) is 0 Å². The van der Waals surface area contributed by atoms with Gasteiger partial charge in [0, 0.05) is 18.5 Å². The lowest BCUT2D eigenvalue weighted by atomic mass is 10.0. The number of nitrogens with one attached hydrogen (secondary N) is 1. The molecular weight excluding hydrogens is 356 g/mol. The van der Waals surface area contributed by atoms with Gasteiger partial charge in [-0.15, -0.1) is 0 Å². The van der Waals surface area contributed by atoms with E-state index in [-0.39, 0.29) is 5.78 Å². The molecule has 0 amide bonds. The first-order valence-corrected chi connectivity index (χ1v) is 11.0. The molecule has 2 aromatic carbocycles. The molecule has 0 bridgehead atoms. The number of fused-ring (bicyclic) bond motifs is 1. The maximum absolute atomic E-state index is 12.4. The van der Waals surface area contributed by atoms with E-state index in [9.17, 15) is 4.79 Å². The Labute approximate surface area is 177 Å². The average molecular weight is 395 g/mol. The summed E-state index contributed by atoms with van der Waals surface area (Å²) in [7, 11) is 0. The van der Waals surface area contributed by atoms with Gasteiger partial charge in [-0.2, -0.15) is 0 Å². The average Bonchev–Trinajstić information content (AvgIpc) is 2.78. The highest BCUT2D eigenvalue weighted by Gasteiger charge is 2.06. The third-order valence-corrected chi connectivity index (χ3v) is 4.88. The molecule has 0 aliphatic rings. The standard InChI is InChI=1S/C24H32N2O.C2H6/c1-3-22(25)23(4-2)26-17-11-7-5-6-8-14-24(27)21-16-15-19-12-9-10-13-20(19)18-21;1-2/h3-4,9-10,12-13,15-16,18,26H,5-8,11,14,17,25H2,1-2H3;1-2H3/b22-3+,23-4+;. The van der Waals surface area contributed by atoms with Gasteiger partial charge < -0.3 is 11.1 Å². The van der Waals surface area contributed by atoms with Gasteiger partial charge in [0.05, 0.1) is 11.4 Å². The molecule has 0 spiro atoms. The van der Waals surface area contributed by atoms with Gasteiger partial charge in [-0.1, -0.05) is 81.7 Å². The van der Waals surface area contributed by atoms with Crippen molar-refractivity contribution in [3.05, 3.63) is 71.6 Å². The van der Waals surface area contributed by atoms with Crippen LogP contribution in [0.2, 0.25) is 0 Å². The zero-order valence-corrected chi connectivity index (χ0v) is 18.6. The molecule has 2 aromatic rings. The van der Waals surface area contributed by atoms with Gasteiger partial charge in [0.25, 0.3) is 0 Å². The van der Waals surface area contributed by atoms with Crippen molar-refractivity contribution in [2.24, 2.45) is 5.73 Å². The Morgan fingerprint density at radius 1 is 0.897 bits per heavy atom. The van der Waals surface area contributed by atoms with Gasteiger partial charge in [-0.05, 0) is 43.5 Å². The van der Waals surface area contributed by atoms with E-state index in [0.717, 1.165) is 54.6 Å². The number of rotatable bonds is 11. The highest BCUT2D eigenvalue weighted by molar-refractivity contribution is 5.99. The molecule has 3 N–H and O–H groups in total. The fraction of sp³-hybridized carbons (Fsp3) is 0.423. The summed E-state index contributed by atoms with van der Waals surface area (Å²) in [6.07, 6.45) is 10.1. The van der Waals surface area contributed by atoms with E-state index in [1.165, 1.54) is 11.8 Å². The molecule has 0 heterocycles. The van der Waals surface area contributed by atoms with E-state index in [1.807, 2.05) is 70.2 Å². The van der Waals surface area contributed by atoms with Gasteiger partial charge in [0.1, 0.15) is 0 Å². The summed E-state index contributed by atoms with van der Waals surface area (Å²) < 4.78 is 0. The second kappa shape index (κ2) is 14.4. The van der Waals surface area contributed by atoms with Gasteiger partial charge in [-0.3, -0.25) is 4.79 Å². The molecular formula is C26H38N2O. The minimum atomic E-state index is 0.252. The van der Waals surface area contributed by atoms with Crippen LogP contribution in [0.3, 0.4) is 0 Å². The van der Waals surface area contributed by atoms with Crippen molar-refractivity contribution in [2.45, 2.75) is 66.2 Å². The van der Waals surface area contributed by atoms with Crippen LogP contribution in [-0.2, 0) is 0 Å². The van der Waals surface area contributed by atoms with Gasteiger partial charge >= 0.3 is 0 Å². The molecule has 2 rings (SSSR count). The highest BCUT2D eigenvalue weighted by Crippen LogP contribution is 2.18. The predicted molar refractivity (Wildman–Crippen MR) is 127 cm³/mol. The normalized spacial score (nSPS) is 11.7. The zero-order valence-electron chi connectivity index (χ0n) is 18.6. The second-order valence-electron chi connectivity index (χ2n) is 6.88. The molecule has 29 heavy (non-hydrogen) atoms. The Kier molecular flexibility index (Phi) is 12.2. The summed E-state index contributed by atoms with van der Waals surface area (Å²) in [4.78, 5) is 12.4. The maximum atomic E-state index is 12.4. The Morgan fingerprint density at radius 3 is 2.24 bits per heavy atom. The molecule has 0 radical (unpaired) electrons. The van der Waals surface area contributed by atoms with Crippen LogP contribution in [0.15, 0.2) is 66.0 Å². The summed E-state index contributed by atoms with van der Waals surface area (Å²) in [5, 5.41) is 5.69. The number of benzene rings is 2. The lowest BCUT2D eigenvalue weighted by molar-refractivity contribution is 0.0979. The van der Waals surface area contributed by atoms with Crippen LogP contribution in [0.4, 0.5) is 0 Å². The summed E-state index contributed by atoms with van der Waals surface area (Å²) >= 11 is 0.